The summed E-state index contributed by atoms with van der Waals surface area (Å²) in [6, 6.07) is 36.6. The molecule has 0 aliphatic carbocycles. The highest BCUT2D eigenvalue weighted by Crippen LogP contribution is 2.39. The van der Waals surface area contributed by atoms with Crippen molar-refractivity contribution in [2.75, 3.05) is 75.0 Å². The van der Waals surface area contributed by atoms with Crippen molar-refractivity contribution in [3.05, 3.63) is 115 Å². The second kappa shape index (κ2) is 17.0. The maximum Gasteiger partial charge on any atom is 0.144 e. The molecule has 7 N–H and O–H groups in total. The van der Waals surface area contributed by atoms with E-state index >= 15 is 0 Å². The number of hydrogen-bond donors (Lipinski definition) is 6. The highest BCUT2D eigenvalue weighted by molar-refractivity contribution is 5.79. The predicted molar refractivity (Wildman–Crippen MR) is 219 cm³/mol. The minimum atomic E-state index is 0.564. The van der Waals surface area contributed by atoms with Crippen LogP contribution in [0, 0.1) is 0 Å². The van der Waals surface area contributed by atoms with Gasteiger partial charge >= 0.3 is 0 Å². The lowest BCUT2D eigenvalue weighted by Gasteiger charge is -2.18. The summed E-state index contributed by atoms with van der Waals surface area (Å²) in [5.41, 5.74) is 14.7. The van der Waals surface area contributed by atoms with Crippen molar-refractivity contribution in [3.8, 4) is 34.5 Å². The summed E-state index contributed by atoms with van der Waals surface area (Å²) in [6.07, 6.45) is 0. The Bertz CT molecular complexity index is 2230. The molecule has 54 heavy (non-hydrogen) atoms. The number of hydrogen-bond acceptors (Lipinski definition) is 12. The van der Waals surface area contributed by atoms with Crippen LogP contribution < -0.4 is 60.7 Å². The van der Waals surface area contributed by atoms with Crippen molar-refractivity contribution in [2.45, 2.75) is 0 Å². The number of anilines is 11. The van der Waals surface area contributed by atoms with E-state index in [0.717, 1.165) is 62.6 Å². The second-order valence-corrected chi connectivity index (χ2v) is 11.9. The lowest BCUT2D eigenvalue weighted by atomic mass is 10.2. The van der Waals surface area contributed by atoms with Crippen LogP contribution in [0.3, 0.4) is 0 Å². The van der Waals surface area contributed by atoms with Gasteiger partial charge in [0.15, 0.2) is 0 Å². The van der Waals surface area contributed by atoms with Gasteiger partial charge in [0.1, 0.15) is 34.5 Å². The molecule has 0 bridgehead atoms. The third-order valence-corrected chi connectivity index (χ3v) is 8.54. The van der Waals surface area contributed by atoms with Gasteiger partial charge in [0.05, 0.1) is 76.8 Å². The van der Waals surface area contributed by atoms with Crippen LogP contribution >= 0.6 is 0 Å². The Kier molecular flexibility index (Phi) is 11.5. The first kappa shape index (κ1) is 36.7. The normalized spacial score (nSPS) is 10.5. The Labute approximate surface area is 315 Å². The quantitative estimate of drug-likeness (QED) is 0.0528. The summed E-state index contributed by atoms with van der Waals surface area (Å²) in [6.45, 7) is 0. The van der Waals surface area contributed by atoms with E-state index in [2.05, 4.69) is 26.6 Å². The first-order valence-electron chi connectivity index (χ1n) is 17.0. The van der Waals surface area contributed by atoms with Gasteiger partial charge < -0.3 is 60.7 Å². The molecule has 12 nitrogen and oxygen atoms in total. The van der Waals surface area contributed by atoms with Gasteiger partial charge in [-0.15, -0.1) is 0 Å². The van der Waals surface area contributed by atoms with Crippen LogP contribution in [-0.2, 0) is 0 Å². The number of rotatable bonds is 16. The molecule has 0 aliphatic heterocycles. The average molecular weight is 729 g/mol. The molecule has 12 heteroatoms. The zero-order valence-corrected chi connectivity index (χ0v) is 31.0. The summed E-state index contributed by atoms with van der Waals surface area (Å²) in [5.74, 6) is 3.94. The van der Waals surface area contributed by atoms with Crippen molar-refractivity contribution >= 4 is 62.6 Å². The first-order chi connectivity index (χ1) is 26.3. The van der Waals surface area contributed by atoms with E-state index in [1.54, 1.807) is 48.7 Å². The van der Waals surface area contributed by atoms with E-state index in [9.17, 15) is 0 Å². The molecule has 0 aromatic heterocycles. The van der Waals surface area contributed by atoms with Crippen LogP contribution in [0.4, 0.5) is 62.6 Å². The molecule has 0 fully saturated rings. The minimum Gasteiger partial charge on any atom is -0.495 e. The van der Waals surface area contributed by atoms with Crippen LogP contribution in [-0.4, -0.2) is 42.7 Å². The van der Waals surface area contributed by atoms with Crippen LogP contribution in [0.15, 0.2) is 115 Å². The average Bonchev–Trinajstić information content (AvgIpc) is 3.20. The van der Waals surface area contributed by atoms with Crippen LogP contribution in [0.5, 0.6) is 34.5 Å². The standard InChI is InChI=1S/C42H44N6O6/c1-49-37-10-8-7-9-32(37)44-27-12-17-34(39(22-27)51-3)46-29-14-19-36(41(24-29)53-5)48-30-15-20-35(42(25-30)54-6)47-28-13-18-33(40(23-28)52-4)45-26-11-16-31(43)38(21-26)50-2/h7-25,44-48H,43H2,1-6H3. The first-order valence-corrected chi connectivity index (χ1v) is 17.0. The number of nitrogens with one attached hydrogen (secondary N) is 5. The van der Waals surface area contributed by atoms with Gasteiger partial charge in [-0.25, -0.2) is 0 Å². The molecular formula is C42H44N6O6. The van der Waals surface area contributed by atoms with Crippen molar-refractivity contribution < 1.29 is 28.4 Å². The van der Waals surface area contributed by atoms with Gasteiger partial charge in [-0.2, -0.15) is 0 Å². The number of nitrogen functional groups attached to an aromatic ring is 1. The Morgan fingerprint density at radius 2 is 0.593 bits per heavy atom. The van der Waals surface area contributed by atoms with Crippen molar-refractivity contribution in [1.29, 1.82) is 0 Å². The van der Waals surface area contributed by atoms with E-state index in [-0.39, 0.29) is 0 Å². The molecule has 0 radical (unpaired) electrons. The smallest absolute Gasteiger partial charge is 0.144 e. The van der Waals surface area contributed by atoms with E-state index in [0.29, 0.717) is 34.4 Å². The fourth-order valence-electron chi connectivity index (χ4n) is 5.80. The molecule has 0 spiro atoms. The highest BCUT2D eigenvalue weighted by atomic mass is 16.5. The molecule has 0 heterocycles. The molecule has 0 saturated heterocycles. The predicted octanol–water partition coefficient (Wildman–Crippen LogP) is 10.0. The van der Waals surface area contributed by atoms with E-state index < -0.39 is 0 Å². The minimum absolute atomic E-state index is 0.564. The lowest BCUT2D eigenvalue weighted by Crippen LogP contribution is -2.00. The van der Waals surface area contributed by atoms with Crippen LogP contribution in [0.2, 0.25) is 0 Å². The van der Waals surface area contributed by atoms with Gasteiger partial charge in [0, 0.05) is 58.8 Å². The summed E-state index contributed by atoms with van der Waals surface area (Å²) in [4.78, 5) is 0. The van der Waals surface area contributed by atoms with Gasteiger partial charge in [0.25, 0.3) is 0 Å². The summed E-state index contributed by atoms with van der Waals surface area (Å²) >= 11 is 0. The zero-order valence-electron chi connectivity index (χ0n) is 31.0. The largest absolute Gasteiger partial charge is 0.495 e. The molecule has 278 valence electrons. The van der Waals surface area contributed by atoms with Crippen molar-refractivity contribution in [2.24, 2.45) is 0 Å². The van der Waals surface area contributed by atoms with E-state index in [1.807, 2.05) is 109 Å². The second-order valence-electron chi connectivity index (χ2n) is 11.9. The third kappa shape index (κ3) is 8.51. The van der Waals surface area contributed by atoms with Crippen molar-refractivity contribution in [3.63, 3.8) is 0 Å². The molecule has 6 rings (SSSR count). The maximum absolute atomic E-state index is 5.97. The molecule has 0 amide bonds. The number of benzene rings is 6. The lowest BCUT2D eigenvalue weighted by molar-refractivity contribution is 0.415. The van der Waals surface area contributed by atoms with Gasteiger partial charge in [-0.05, 0) is 72.8 Å². The molecule has 0 atom stereocenters. The third-order valence-electron chi connectivity index (χ3n) is 8.54. The van der Waals surface area contributed by atoms with E-state index in [1.165, 1.54) is 0 Å². The van der Waals surface area contributed by atoms with Crippen molar-refractivity contribution in [1.82, 2.24) is 0 Å². The Hall–Kier alpha value is -7.08. The Morgan fingerprint density at radius 1 is 0.315 bits per heavy atom. The maximum atomic E-state index is 5.97. The Morgan fingerprint density at radius 3 is 0.926 bits per heavy atom. The monoisotopic (exact) mass is 728 g/mol. The van der Waals surface area contributed by atoms with Gasteiger partial charge in [0.2, 0.25) is 0 Å². The topological polar surface area (TPSA) is 142 Å². The molecule has 6 aromatic carbocycles. The molecular weight excluding hydrogens is 684 g/mol. The van der Waals surface area contributed by atoms with Crippen LogP contribution in [0.1, 0.15) is 0 Å². The SMILES string of the molecule is COc1cc(Nc2ccc(Nc3ccc(Nc4ccc(Nc5ccc(Nc6ccccc6OC)cc5OC)cc4OC)cc3OC)cc2OC)ccc1N. The summed E-state index contributed by atoms with van der Waals surface area (Å²) in [7, 11) is 9.78. The van der Waals surface area contributed by atoms with Gasteiger partial charge in [-0.1, -0.05) is 12.1 Å². The summed E-state index contributed by atoms with van der Waals surface area (Å²) in [5, 5.41) is 17.1. The number of ether oxygens (including phenoxy) is 6. The molecule has 0 unspecified atom stereocenters. The molecule has 0 saturated carbocycles. The summed E-state index contributed by atoms with van der Waals surface area (Å²) < 4.78 is 33.8. The highest BCUT2D eigenvalue weighted by Gasteiger charge is 2.13. The number of nitrogens with two attached hydrogens (primary N) is 1. The van der Waals surface area contributed by atoms with E-state index in [4.69, 9.17) is 34.2 Å². The molecule has 6 aromatic rings. The van der Waals surface area contributed by atoms with Gasteiger partial charge in [-0.3, -0.25) is 0 Å². The zero-order chi connectivity index (χ0) is 38.0. The Balaban J connectivity index is 1.14. The van der Waals surface area contributed by atoms with Crippen LogP contribution in [0.25, 0.3) is 0 Å². The molecule has 0 aliphatic rings. The number of methoxy groups -OCH3 is 6. The fourth-order valence-corrected chi connectivity index (χ4v) is 5.80. The number of para-hydroxylation sites is 2. The fraction of sp³-hybridized carbons (Fsp3) is 0.143.